The molecule has 0 saturated carbocycles. The third-order valence-electron chi connectivity index (χ3n) is 2.79. The van der Waals surface area contributed by atoms with E-state index in [1.54, 1.807) is 0 Å². The summed E-state index contributed by atoms with van der Waals surface area (Å²) in [5.74, 6) is -0.555. The summed E-state index contributed by atoms with van der Waals surface area (Å²) in [6.07, 6.45) is 0.515. The summed E-state index contributed by atoms with van der Waals surface area (Å²) in [7, 11) is 0. The van der Waals surface area contributed by atoms with Crippen molar-refractivity contribution in [1.82, 2.24) is 5.32 Å². The molecule has 114 valence electrons. The molecule has 1 aromatic rings. The van der Waals surface area contributed by atoms with Crippen LogP contribution < -0.4 is 5.32 Å². The van der Waals surface area contributed by atoms with E-state index in [-0.39, 0.29) is 16.8 Å². The second-order valence-corrected chi connectivity index (χ2v) is 6.80. The average molecular weight is 303 g/mol. The van der Waals surface area contributed by atoms with Crippen molar-refractivity contribution in [3.05, 3.63) is 29.3 Å². The van der Waals surface area contributed by atoms with Gasteiger partial charge in [-0.05, 0) is 36.6 Å². The fourth-order valence-corrected chi connectivity index (χ4v) is 2.74. The molecule has 0 aliphatic carbocycles. The zero-order valence-electron chi connectivity index (χ0n) is 12.2. The Morgan fingerprint density at radius 2 is 1.80 bits per heavy atom. The SMILES string of the molecule is CC(C)CNCc1cc(F)c(SC(C)CCO)c(F)c1. The fourth-order valence-electron chi connectivity index (χ4n) is 1.77. The first-order valence-electron chi connectivity index (χ1n) is 6.90. The maximum absolute atomic E-state index is 13.9. The van der Waals surface area contributed by atoms with Crippen LogP contribution in [-0.4, -0.2) is 23.5 Å². The first-order chi connectivity index (χ1) is 9.43. The third-order valence-corrected chi connectivity index (χ3v) is 4.06. The Kier molecular flexibility index (Phi) is 7.48. The van der Waals surface area contributed by atoms with Crippen LogP contribution in [0.1, 0.15) is 32.8 Å². The fraction of sp³-hybridized carbons (Fsp3) is 0.600. The predicted molar refractivity (Wildman–Crippen MR) is 79.9 cm³/mol. The molecule has 0 amide bonds. The van der Waals surface area contributed by atoms with Gasteiger partial charge in [-0.3, -0.25) is 0 Å². The minimum Gasteiger partial charge on any atom is -0.396 e. The minimum absolute atomic E-state index is 0.0195. The van der Waals surface area contributed by atoms with E-state index in [1.165, 1.54) is 12.1 Å². The molecule has 0 spiro atoms. The lowest BCUT2D eigenvalue weighted by molar-refractivity contribution is 0.289. The molecule has 0 saturated heterocycles. The molecule has 5 heteroatoms. The van der Waals surface area contributed by atoms with E-state index in [4.69, 9.17) is 5.11 Å². The van der Waals surface area contributed by atoms with E-state index in [9.17, 15) is 8.78 Å². The molecule has 2 nitrogen and oxygen atoms in total. The molecule has 1 aromatic carbocycles. The van der Waals surface area contributed by atoms with Crippen molar-refractivity contribution in [2.24, 2.45) is 5.92 Å². The standard InChI is InChI=1S/C15H23F2NOS/c1-10(2)8-18-9-12-6-13(16)15(14(17)7-12)20-11(3)4-5-19/h6-7,10-11,18-19H,4-5,8-9H2,1-3H3. The lowest BCUT2D eigenvalue weighted by Crippen LogP contribution is -2.19. The van der Waals surface area contributed by atoms with Crippen molar-refractivity contribution in [3.63, 3.8) is 0 Å². The van der Waals surface area contributed by atoms with E-state index >= 15 is 0 Å². The summed E-state index contributed by atoms with van der Waals surface area (Å²) in [6, 6.07) is 2.76. The Morgan fingerprint density at radius 1 is 1.20 bits per heavy atom. The van der Waals surface area contributed by atoms with E-state index in [2.05, 4.69) is 19.2 Å². The predicted octanol–water partition coefficient (Wildman–Crippen LogP) is 3.57. The van der Waals surface area contributed by atoms with Crippen molar-refractivity contribution in [2.45, 2.75) is 43.9 Å². The lowest BCUT2D eigenvalue weighted by Gasteiger charge is -2.13. The molecule has 0 aliphatic rings. The highest BCUT2D eigenvalue weighted by Gasteiger charge is 2.15. The van der Waals surface area contributed by atoms with E-state index in [1.807, 2.05) is 6.92 Å². The van der Waals surface area contributed by atoms with Gasteiger partial charge in [0.15, 0.2) is 0 Å². The number of aliphatic hydroxyl groups excluding tert-OH is 1. The van der Waals surface area contributed by atoms with Crippen molar-refractivity contribution >= 4 is 11.8 Å². The van der Waals surface area contributed by atoms with E-state index in [0.29, 0.717) is 24.4 Å². The van der Waals surface area contributed by atoms with Gasteiger partial charge < -0.3 is 10.4 Å². The number of thioether (sulfide) groups is 1. The lowest BCUT2D eigenvalue weighted by atomic mass is 10.2. The molecule has 0 heterocycles. The van der Waals surface area contributed by atoms with Gasteiger partial charge in [0.1, 0.15) is 11.6 Å². The monoisotopic (exact) mass is 303 g/mol. The average Bonchev–Trinajstić information content (AvgIpc) is 2.34. The normalized spacial score (nSPS) is 12.9. The topological polar surface area (TPSA) is 32.3 Å². The molecule has 1 unspecified atom stereocenters. The van der Waals surface area contributed by atoms with Crippen LogP contribution in [0.5, 0.6) is 0 Å². The molecule has 1 atom stereocenters. The zero-order valence-corrected chi connectivity index (χ0v) is 13.1. The van der Waals surface area contributed by atoms with Crippen LogP contribution in [0.4, 0.5) is 8.78 Å². The highest BCUT2D eigenvalue weighted by Crippen LogP contribution is 2.30. The Morgan fingerprint density at radius 3 is 2.30 bits per heavy atom. The molecule has 1 rings (SSSR count). The number of hydrogen-bond acceptors (Lipinski definition) is 3. The van der Waals surface area contributed by atoms with Crippen LogP contribution in [0.25, 0.3) is 0 Å². The van der Waals surface area contributed by atoms with Crippen LogP contribution in [0.15, 0.2) is 17.0 Å². The third kappa shape index (κ3) is 5.77. The molecular formula is C15H23F2NOS. The minimum atomic E-state index is -0.527. The molecule has 0 radical (unpaired) electrons. The Labute approximate surface area is 124 Å². The van der Waals surface area contributed by atoms with Crippen LogP contribution in [0, 0.1) is 17.6 Å². The summed E-state index contributed by atoms with van der Waals surface area (Å²) in [5.41, 5.74) is 0.611. The summed E-state index contributed by atoms with van der Waals surface area (Å²) >= 11 is 1.13. The number of hydrogen-bond donors (Lipinski definition) is 2. The number of rotatable bonds is 8. The Hall–Kier alpha value is -0.650. The Balaban J connectivity index is 2.70. The van der Waals surface area contributed by atoms with Crippen molar-refractivity contribution in [2.75, 3.05) is 13.2 Å². The van der Waals surface area contributed by atoms with Crippen molar-refractivity contribution in [1.29, 1.82) is 0 Å². The molecular weight excluding hydrogens is 280 g/mol. The van der Waals surface area contributed by atoms with E-state index in [0.717, 1.165) is 18.3 Å². The van der Waals surface area contributed by atoms with Gasteiger partial charge in [-0.25, -0.2) is 8.78 Å². The second kappa shape index (κ2) is 8.60. The van der Waals surface area contributed by atoms with Crippen molar-refractivity contribution < 1.29 is 13.9 Å². The highest BCUT2D eigenvalue weighted by molar-refractivity contribution is 8.00. The summed E-state index contributed by atoms with van der Waals surface area (Å²) in [5, 5.41) is 12.0. The van der Waals surface area contributed by atoms with Crippen molar-refractivity contribution in [3.8, 4) is 0 Å². The molecule has 2 N–H and O–H groups in total. The smallest absolute Gasteiger partial charge is 0.140 e. The van der Waals surface area contributed by atoms with Gasteiger partial charge in [0.25, 0.3) is 0 Å². The van der Waals surface area contributed by atoms with Gasteiger partial charge in [0.2, 0.25) is 0 Å². The van der Waals surface area contributed by atoms with Gasteiger partial charge in [0, 0.05) is 18.4 Å². The summed E-state index contributed by atoms with van der Waals surface area (Å²) < 4.78 is 27.9. The van der Waals surface area contributed by atoms with E-state index < -0.39 is 11.6 Å². The molecule has 0 aromatic heterocycles. The first-order valence-corrected chi connectivity index (χ1v) is 7.78. The molecule has 0 fully saturated rings. The van der Waals surface area contributed by atoms with Crippen LogP contribution in [0.3, 0.4) is 0 Å². The maximum Gasteiger partial charge on any atom is 0.140 e. The quantitative estimate of drug-likeness (QED) is 0.720. The summed E-state index contributed by atoms with van der Waals surface area (Å²) in [6.45, 7) is 7.30. The van der Waals surface area contributed by atoms with Gasteiger partial charge in [-0.2, -0.15) is 0 Å². The Bertz CT molecular complexity index is 403. The molecule has 20 heavy (non-hydrogen) atoms. The number of aliphatic hydroxyl groups is 1. The van der Waals surface area contributed by atoms with Gasteiger partial charge in [0.05, 0.1) is 4.90 Å². The largest absolute Gasteiger partial charge is 0.396 e. The van der Waals surface area contributed by atoms with Gasteiger partial charge in [-0.15, -0.1) is 11.8 Å². The van der Waals surface area contributed by atoms with Crippen LogP contribution >= 0.6 is 11.8 Å². The maximum atomic E-state index is 13.9. The summed E-state index contributed by atoms with van der Waals surface area (Å²) in [4.78, 5) is 0.0403. The molecule has 0 aliphatic heterocycles. The molecule has 0 bridgehead atoms. The first kappa shape index (κ1) is 17.4. The van der Waals surface area contributed by atoms with Gasteiger partial charge in [-0.1, -0.05) is 20.8 Å². The zero-order chi connectivity index (χ0) is 15.1. The number of benzene rings is 1. The highest BCUT2D eigenvalue weighted by atomic mass is 32.2. The van der Waals surface area contributed by atoms with Crippen LogP contribution in [0.2, 0.25) is 0 Å². The van der Waals surface area contributed by atoms with Gasteiger partial charge >= 0.3 is 0 Å². The number of halogens is 2. The van der Waals surface area contributed by atoms with Crippen LogP contribution in [-0.2, 0) is 6.54 Å². The second-order valence-electron chi connectivity index (χ2n) is 5.35. The number of nitrogens with one attached hydrogen (secondary N) is 1.